The molecule has 1 unspecified atom stereocenters. The molecule has 0 saturated heterocycles. The Morgan fingerprint density at radius 1 is 1.03 bits per heavy atom. The van der Waals surface area contributed by atoms with Crippen LogP contribution in [0, 0.1) is 0 Å². The van der Waals surface area contributed by atoms with Gasteiger partial charge >= 0.3 is 5.97 Å². The maximum atomic E-state index is 13.2. The van der Waals surface area contributed by atoms with Gasteiger partial charge in [-0.3, -0.25) is 4.79 Å². The molecule has 2 aromatic heterocycles. The first kappa shape index (κ1) is 16.4. The van der Waals surface area contributed by atoms with Crippen LogP contribution in [-0.2, 0) is 35.5 Å². The number of rotatable bonds is 0. The zero-order valence-corrected chi connectivity index (χ0v) is 15.9. The van der Waals surface area contributed by atoms with Gasteiger partial charge in [0.15, 0.2) is 17.6 Å². The Morgan fingerprint density at radius 2 is 1.90 bits per heavy atom. The molecule has 8 heteroatoms. The standard InChI is InChI=1S/C22H16N2O6/c25-19-11-4-15-18-12(6-24(15)21(26)13(11)7-28-22(19)27)9-2-1-3-10-17(9)14(23-18)5-16-20(10)30-8-29-16/h4-5,19,25H,1-3,6-8H2. The van der Waals surface area contributed by atoms with Crippen molar-refractivity contribution in [2.45, 2.75) is 38.5 Å². The van der Waals surface area contributed by atoms with Gasteiger partial charge in [-0.15, -0.1) is 0 Å². The molecule has 0 bridgehead atoms. The molecule has 0 fully saturated rings. The van der Waals surface area contributed by atoms with E-state index in [9.17, 15) is 14.7 Å². The monoisotopic (exact) mass is 404 g/mol. The Balaban J connectivity index is 1.54. The lowest BCUT2D eigenvalue weighted by Gasteiger charge is -2.21. The molecule has 0 amide bonds. The maximum absolute atomic E-state index is 13.2. The van der Waals surface area contributed by atoms with Crippen molar-refractivity contribution in [1.29, 1.82) is 0 Å². The summed E-state index contributed by atoms with van der Waals surface area (Å²) in [4.78, 5) is 29.9. The molecular weight excluding hydrogens is 388 g/mol. The molecule has 1 N–H and O–H groups in total. The van der Waals surface area contributed by atoms with Gasteiger partial charge in [0.2, 0.25) is 6.79 Å². The van der Waals surface area contributed by atoms with Gasteiger partial charge in [-0.2, -0.15) is 0 Å². The first-order valence-electron chi connectivity index (χ1n) is 10.0. The van der Waals surface area contributed by atoms with E-state index in [0.717, 1.165) is 52.7 Å². The summed E-state index contributed by atoms with van der Waals surface area (Å²) in [5.41, 5.74) is 5.95. The van der Waals surface area contributed by atoms with Gasteiger partial charge in [0.05, 0.1) is 29.0 Å². The van der Waals surface area contributed by atoms with Crippen molar-refractivity contribution in [3.8, 4) is 22.9 Å². The fourth-order valence-electron chi connectivity index (χ4n) is 5.30. The molecular formula is C22H16N2O6. The zero-order valence-electron chi connectivity index (χ0n) is 15.9. The molecule has 5 heterocycles. The molecule has 7 rings (SSSR count). The van der Waals surface area contributed by atoms with Crippen LogP contribution in [0.15, 0.2) is 16.9 Å². The summed E-state index contributed by atoms with van der Waals surface area (Å²) >= 11 is 0. The van der Waals surface area contributed by atoms with Gasteiger partial charge in [0.1, 0.15) is 6.61 Å². The van der Waals surface area contributed by atoms with Crippen LogP contribution in [-0.4, -0.2) is 27.4 Å². The minimum absolute atomic E-state index is 0.117. The van der Waals surface area contributed by atoms with E-state index in [1.807, 2.05) is 6.07 Å². The second-order valence-corrected chi connectivity index (χ2v) is 8.12. The van der Waals surface area contributed by atoms with E-state index in [1.165, 1.54) is 5.56 Å². The van der Waals surface area contributed by atoms with Crippen LogP contribution in [0.4, 0.5) is 0 Å². The van der Waals surface area contributed by atoms with Crippen molar-refractivity contribution < 1.29 is 24.1 Å². The first-order valence-corrected chi connectivity index (χ1v) is 10.0. The average Bonchev–Trinajstić information content (AvgIpc) is 3.37. The zero-order chi connectivity index (χ0) is 20.1. The Bertz CT molecular complexity index is 1390. The van der Waals surface area contributed by atoms with Crippen LogP contribution in [0.1, 0.15) is 40.3 Å². The van der Waals surface area contributed by atoms with Gasteiger partial charge in [-0.25, -0.2) is 9.78 Å². The van der Waals surface area contributed by atoms with Gasteiger partial charge < -0.3 is 23.9 Å². The Hall–Kier alpha value is -3.39. The lowest BCUT2D eigenvalue weighted by molar-refractivity contribution is -0.157. The number of carbonyl (C=O) groups excluding carboxylic acids is 1. The van der Waals surface area contributed by atoms with Crippen molar-refractivity contribution in [1.82, 2.24) is 9.55 Å². The third-order valence-corrected chi connectivity index (χ3v) is 6.65. The molecule has 0 spiro atoms. The van der Waals surface area contributed by atoms with E-state index >= 15 is 0 Å². The fraction of sp³-hybridized carbons (Fsp3) is 0.318. The van der Waals surface area contributed by atoms with E-state index in [1.54, 1.807) is 10.6 Å². The summed E-state index contributed by atoms with van der Waals surface area (Å²) in [6, 6.07) is 3.62. The summed E-state index contributed by atoms with van der Waals surface area (Å²) in [5.74, 6) is 0.785. The number of aromatic nitrogens is 2. The highest BCUT2D eigenvalue weighted by atomic mass is 16.7. The van der Waals surface area contributed by atoms with E-state index in [-0.39, 0.29) is 19.0 Å². The summed E-state index contributed by atoms with van der Waals surface area (Å²) in [5, 5.41) is 11.4. The molecule has 4 aliphatic rings. The first-order chi connectivity index (χ1) is 14.6. The third-order valence-electron chi connectivity index (χ3n) is 6.65. The van der Waals surface area contributed by atoms with Crippen LogP contribution in [0.3, 0.4) is 0 Å². The van der Waals surface area contributed by atoms with Crippen LogP contribution in [0.25, 0.3) is 22.3 Å². The number of nitrogens with zero attached hydrogens (tertiary/aromatic N) is 2. The van der Waals surface area contributed by atoms with Crippen LogP contribution in [0.2, 0.25) is 0 Å². The minimum atomic E-state index is -1.45. The molecule has 30 heavy (non-hydrogen) atoms. The van der Waals surface area contributed by atoms with Gasteiger partial charge in [-0.05, 0) is 30.9 Å². The highest BCUT2D eigenvalue weighted by Gasteiger charge is 2.36. The van der Waals surface area contributed by atoms with Crippen molar-refractivity contribution in [2.24, 2.45) is 0 Å². The fourth-order valence-corrected chi connectivity index (χ4v) is 5.30. The number of esters is 1. The molecule has 150 valence electrons. The highest BCUT2D eigenvalue weighted by Crippen LogP contribution is 2.47. The second-order valence-electron chi connectivity index (χ2n) is 8.12. The summed E-state index contributed by atoms with van der Waals surface area (Å²) in [7, 11) is 0. The molecule has 0 saturated carbocycles. The lowest BCUT2D eigenvalue weighted by atomic mass is 9.86. The highest BCUT2D eigenvalue weighted by molar-refractivity contribution is 5.94. The Labute approximate surface area is 169 Å². The van der Waals surface area contributed by atoms with Crippen molar-refractivity contribution in [2.75, 3.05) is 6.79 Å². The normalized spacial score (nSPS) is 20.0. The number of hydrogen-bond acceptors (Lipinski definition) is 7. The van der Waals surface area contributed by atoms with Crippen molar-refractivity contribution >= 4 is 16.9 Å². The summed E-state index contributed by atoms with van der Waals surface area (Å²) < 4.78 is 18.0. The van der Waals surface area contributed by atoms with Gasteiger partial charge in [-0.1, -0.05) is 0 Å². The molecule has 0 radical (unpaired) electrons. The predicted octanol–water partition coefficient (Wildman–Crippen LogP) is 1.73. The van der Waals surface area contributed by atoms with E-state index in [0.29, 0.717) is 29.1 Å². The number of benzene rings is 1. The number of aliphatic hydroxyl groups is 1. The van der Waals surface area contributed by atoms with Crippen molar-refractivity contribution in [3.63, 3.8) is 0 Å². The third kappa shape index (κ3) is 1.87. The van der Waals surface area contributed by atoms with E-state index in [4.69, 9.17) is 19.2 Å². The number of hydrogen-bond donors (Lipinski definition) is 1. The van der Waals surface area contributed by atoms with Crippen LogP contribution < -0.4 is 15.0 Å². The van der Waals surface area contributed by atoms with E-state index < -0.39 is 12.1 Å². The summed E-state index contributed by atoms with van der Waals surface area (Å²) in [6.45, 7) is 0.521. The smallest absolute Gasteiger partial charge is 0.340 e. The van der Waals surface area contributed by atoms with Gasteiger partial charge in [0, 0.05) is 28.1 Å². The number of pyridine rings is 2. The number of aryl methyl sites for hydroxylation is 2. The number of fused-ring (bicyclic) bond motifs is 7. The topological polar surface area (TPSA) is 99.9 Å². The molecule has 8 nitrogen and oxygen atoms in total. The number of aliphatic hydroxyl groups excluding tert-OH is 1. The lowest BCUT2D eigenvalue weighted by Crippen LogP contribution is -2.32. The molecule has 3 aromatic rings. The Morgan fingerprint density at radius 3 is 2.80 bits per heavy atom. The number of cyclic esters (lactones) is 1. The molecule has 1 atom stereocenters. The quantitative estimate of drug-likeness (QED) is 0.446. The molecule has 3 aliphatic heterocycles. The molecule has 1 aliphatic carbocycles. The van der Waals surface area contributed by atoms with Crippen LogP contribution in [0.5, 0.6) is 11.5 Å². The number of carbonyl (C=O) groups is 1. The predicted molar refractivity (Wildman–Crippen MR) is 103 cm³/mol. The van der Waals surface area contributed by atoms with E-state index in [2.05, 4.69) is 0 Å². The summed E-state index contributed by atoms with van der Waals surface area (Å²) in [6.07, 6.45) is 1.35. The molecule has 1 aromatic carbocycles. The van der Waals surface area contributed by atoms with Crippen molar-refractivity contribution in [3.05, 3.63) is 50.3 Å². The Kier molecular flexibility index (Phi) is 2.95. The average molecular weight is 404 g/mol. The SMILES string of the molecule is O=C1OCc2c(cc3n(c2=O)Cc2c-3nc3cc4c(c5c3c2CCC5)OCO4)C1O. The second kappa shape index (κ2) is 5.40. The van der Waals surface area contributed by atoms with Crippen LogP contribution >= 0.6 is 0 Å². The maximum Gasteiger partial charge on any atom is 0.340 e. The van der Waals surface area contributed by atoms with Gasteiger partial charge in [0.25, 0.3) is 5.56 Å². The largest absolute Gasteiger partial charge is 0.458 e. The minimum Gasteiger partial charge on any atom is -0.458 e. The number of ether oxygens (including phenoxy) is 3.